The molecule has 5 nitrogen and oxygen atoms in total. The minimum Gasteiger partial charge on any atom is -0.325 e. The summed E-state index contributed by atoms with van der Waals surface area (Å²) in [6.07, 6.45) is 5.18. The van der Waals surface area contributed by atoms with Gasteiger partial charge in [-0.2, -0.15) is 0 Å². The Bertz CT molecular complexity index is 1310. The van der Waals surface area contributed by atoms with Gasteiger partial charge in [0, 0.05) is 15.6 Å². The second-order valence-corrected chi connectivity index (χ2v) is 10.6. The fourth-order valence-corrected chi connectivity index (χ4v) is 5.91. The van der Waals surface area contributed by atoms with Gasteiger partial charge >= 0.3 is 0 Å². The summed E-state index contributed by atoms with van der Waals surface area (Å²) in [6, 6.07) is 22.3. The molecule has 3 aromatic carbocycles. The highest BCUT2D eigenvalue weighted by molar-refractivity contribution is 8.00. The summed E-state index contributed by atoms with van der Waals surface area (Å²) in [5, 5.41) is 3.10. The number of halogens is 1. The fourth-order valence-electron chi connectivity index (χ4n) is 4.71. The summed E-state index contributed by atoms with van der Waals surface area (Å²) in [7, 11) is 0. The van der Waals surface area contributed by atoms with Crippen LogP contribution >= 0.6 is 23.4 Å². The van der Waals surface area contributed by atoms with Crippen molar-refractivity contribution in [3.63, 3.8) is 0 Å². The molecule has 1 saturated heterocycles. The molecule has 3 atom stereocenters. The van der Waals surface area contributed by atoms with Gasteiger partial charge in [-0.1, -0.05) is 60.2 Å². The van der Waals surface area contributed by atoms with Crippen LogP contribution in [0.1, 0.15) is 29.2 Å². The van der Waals surface area contributed by atoms with E-state index in [-0.39, 0.29) is 29.6 Å². The fraction of sp³-hybridized carbons (Fsp3) is 0.207. The zero-order valence-electron chi connectivity index (χ0n) is 19.7. The van der Waals surface area contributed by atoms with Gasteiger partial charge in [0.05, 0.1) is 17.5 Å². The smallest absolute Gasteiger partial charge is 0.242 e. The molecule has 0 saturated carbocycles. The van der Waals surface area contributed by atoms with Gasteiger partial charge in [0.25, 0.3) is 0 Å². The topological polar surface area (TPSA) is 66.5 Å². The number of nitrogens with one attached hydrogen (secondary N) is 1. The highest BCUT2D eigenvalue weighted by atomic mass is 35.5. The van der Waals surface area contributed by atoms with Crippen LogP contribution in [-0.2, 0) is 14.4 Å². The number of benzene rings is 3. The standard InChI is InChI=1S/C29H25ClN2O3S/c1-18-24(30)12-7-13-25(18)31-27(33)26(19-8-3-2-4-9-19)36-21-16-14-20(15-17-21)32-28(34)22-10-5-6-11-23(22)29(32)35/h2-9,12-17,22-23,26H,10-11H2,1H3,(H,31,33)/t22-,23-,26-/m0/s1. The third kappa shape index (κ3) is 4.71. The number of amides is 3. The van der Waals surface area contributed by atoms with E-state index in [0.29, 0.717) is 29.2 Å². The van der Waals surface area contributed by atoms with Crippen LogP contribution in [0.5, 0.6) is 0 Å². The van der Waals surface area contributed by atoms with Crippen molar-refractivity contribution in [2.75, 3.05) is 10.2 Å². The number of carbonyl (C=O) groups excluding carboxylic acids is 3. The second-order valence-electron chi connectivity index (χ2n) is 8.97. The number of hydrogen-bond acceptors (Lipinski definition) is 4. The lowest BCUT2D eigenvalue weighted by molar-refractivity contribution is -0.122. The molecule has 3 aromatic rings. The predicted octanol–water partition coefficient (Wildman–Crippen LogP) is 6.58. The molecule has 1 N–H and O–H groups in total. The van der Waals surface area contributed by atoms with Crippen molar-refractivity contribution in [2.45, 2.75) is 29.9 Å². The molecule has 1 fully saturated rings. The van der Waals surface area contributed by atoms with Crippen LogP contribution < -0.4 is 10.2 Å². The molecule has 0 bridgehead atoms. The predicted molar refractivity (Wildman–Crippen MR) is 144 cm³/mol. The van der Waals surface area contributed by atoms with Gasteiger partial charge in [-0.05, 0) is 67.3 Å². The van der Waals surface area contributed by atoms with E-state index in [9.17, 15) is 14.4 Å². The summed E-state index contributed by atoms with van der Waals surface area (Å²) >= 11 is 7.65. The largest absolute Gasteiger partial charge is 0.325 e. The van der Waals surface area contributed by atoms with Crippen molar-refractivity contribution in [3.8, 4) is 0 Å². The van der Waals surface area contributed by atoms with Crippen LogP contribution in [0.15, 0.2) is 89.8 Å². The van der Waals surface area contributed by atoms with Crippen LogP contribution in [0.4, 0.5) is 11.4 Å². The molecule has 0 aromatic heterocycles. The number of thioether (sulfide) groups is 1. The molecule has 1 heterocycles. The maximum absolute atomic E-state index is 13.4. The van der Waals surface area contributed by atoms with Crippen molar-refractivity contribution in [1.29, 1.82) is 0 Å². The van der Waals surface area contributed by atoms with Gasteiger partial charge in [-0.25, -0.2) is 0 Å². The van der Waals surface area contributed by atoms with Gasteiger partial charge in [0.1, 0.15) is 5.25 Å². The summed E-state index contributed by atoms with van der Waals surface area (Å²) in [4.78, 5) is 41.4. The number of anilines is 2. The average molecular weight is 517 g/mol. The Hall–Kier alpha value is -3.35. The first-order valence-corrected chi connectivity index (χ1v) is 13.1. The zero-order valence-corrected chi connectivity index (χ0v) is 21.3. The van der Waals surface area contributed by atoms with Gasteiger partial charge in [-0.3, -0.25) is 19.3 Å². The number of fused-ring (bicyclic) bond motifs is 1. The van der Waals surface area contributed by atoms with Crippen LogP contribution in [-0.4, -0.2) is 17.7 Å². The first kappa shape index (κ1) is 24.3. The lowest BCUT2D eigenvalue weighted by Gasteiger charge is -2.19. The Kier molecular flexibility index (Phi) is 6.99. The number of allylic oxidation sites excluding steroid dienone is 2. The van der Waals surface area contributed by atoms with Crippen molar-refractivity contribution >= 4 is 52.5 Å². The highest BCUT2D eigenvalue weighted by Crippen LogP contribution is 2.40. The third-order valence-electron chi connectivity index (χ3n) is 6.72. The summed E-state index contributed by atoms with van der Waals surface area (Å²) < 4.78 is 0. The molecule has 2 aliphatic rings. The highest BCUT2D eigenvalue weighted by Gasteiger charge is 2.47. The normalized spacial score (nSPS) is 19.8. The molecular weight excluding hydrogens is 492 g/mol. The lowest BCUT2D eigenvalue weighted by Crippen LogP contribution is -2.30. The van der Waals surface area contributed by atoms with E-state index >= 15 is 0 Å². The van der Waals surface area contributed by atoms with Gasteiger partial charge < -0.3 is 5.32 Å². The van der Waals surface area contributed by atoms with Gasteiger partial charge in [0.2, 0.25) is 17.7 Å². The monoisotopic (exact) mass is 516 g/mol. The molecule has 7 heteroatoms. The van der Waals surface area contributed by atoms with E-state index in [1.165, 1.54) is 16.7 Å². The number of rotatable bonds is 6. The Morgan fingerprint density at radius 3 is 2.19 bits per heavy atom. The number of carbonyl (C=O) groups is 3. The van der Waals surface area contributed by atoms with Gasteiger partial charge in [-0.15, -0.1) is 11.8 Å². The molecule has 1 aliphatic heterocycles. The maximum atomic E-state index is 13.4. The summed E-state index contributed by atoms with van der Waals surface area (Å²) in [5.74, 6) is -0.959. The second kappa shape index (κ2) is 10.3. The van der Waals surface area contributed by atoms with E-state index in [0.717, 1.165) is 16.0 Å². The maximum Gasteiger partial charge on any atom is 0.242 e. The summed E-state index contributed by atoms with van der Waals surface area (Å²) in [6.45, 7) is 1.87. The van der Waals surface area contributed by atoms with Crippen LogP contribution in [0.25, 0.3) is 0 Å². The molecule has 5 rings (SSSR count). The number of hydrogen-bond donors (Lipinski definition) is 1. The Morgan fingerprint density at radius 1 is 0.917 bits per heavy atom. The molecule has 3 amide bonds. The molecule has 0 radical (unpaired) electrons. The van der Waals surface area contributed by atoms with Crippen molar-refractivity contribution < 1.29 is 14.4 Å². The van der Waals surface area contributed by atoms with Crippen molar-refractivity contribution in [3.05, 3.63) is 101 Å². The molecule has 0 unspecified atom stereocenters. The molecular formula is C29H25ClN2O3S. The molecule has 0 spiro atoms. The first-order chi connectivity index (χ1) is 17.4. The molecule has 182 valence electrons. The molecule has 36 heavy (non-hydrogen) atoms. The van der Waals surface area contributed by atoms with E-state index < -0.39 is 5.25 Å². The van der Waals surface area contributed by atoms with Crippen LogP contribution in [0.3, 0.4) is 0 Å². The van der Waals surface area contributed by atoms with Crippen molar-refractivity contribution in [1.82, 2.24) is 0 Å². The number of imide groups is 1. The van der Waals surface area contributed by atoms with E-state index in [2.05, 4.69) is 5.32 Å². The minimum atomic E-state index is -0.514. The number of nitrogens with zero attached hydrogens (tertiary/aromatic N) is 1. The van der Waals surface area contributed by atoms with E-state index in [4.69, 9.17) is 11.6 Å². The quantitative estimate of drug-likeness (QED) is 0.228. The Balaban J connectivity index is 1.37. The van der Waals surface area contributed by atoms with Crippen LogP contribution in [0.2, 0.25) is 5.02 Å². The Morgan fingerprint density at radius 2 is 1.56 bits per heavy atom. The van der Waals surface area contributed by atoms with E-state index in [1.54, 1.807) is 18.2 Å². The van der Waals surface area contributed by atoms with Crippen LogP contribution in [0, 0.1) is 18.8 Å². The Labute approximate surface area is 219 Å². The van der Waals surface area contributed by atoms with E-state index in [1.807, 2.05) is 73.7 Å². The summed E-state index contributed by atoms with van der Waals surface area (Å²) in [5.41, 5.74) is 2.92. The molecule has 1 aliphatic carbocycles. The third-order valence-corrected chi connectivity index (χ3v) is 8.40. The average Bonchev–Trinajstić information content (AvgIpc) is 3.16. The van der Waals surface area contributed by atoms with Crippen molar-refractivity contribution in [2.24, 2.45) is 11.8 Å². The lowest BCUT2D eigenvalue weighted by atomic mass is 9.85. The van der Waals surface area contributed by atoms with Gasteiger partial charge in [0.15, 0.2) is 0 Å². The first-order valence-electron chi connectivity index (χ1n) is 11.8. The SMILES string of the molecule is Cc1c(Cl)cccc1NC(=O)[C@@H](Sc1ccc(N2C(=O)[C@H]3CC=CC[C@@H]3C2=O)cc1)c1ccccc1. The minimum absolute atomic E-state index is 0.131. The zero-order chi connectivity index (χ0) is 25.2.